The summed E-state index contributed by atoms with van der Waals surface area (Å²) in [7, 11) is 0. The van der Waals surface area contributed by atoms with Gasteiger partial charge in [0.25, 0.3) is 0 Å². The minimum Gasteiger partial charge on any atom is -0.385 e. The zero-order chi connectivity index (χ0) is 13.1. The number of aryl methyl sites for hydroxylation is 2. The SMILES string of the molecule is Cc1ccc([C@H](O)[C@@H](O)c2ccc(C)cc2)cc1. The lowest BCUT2D eigenvalue weighted by molar-refractivity contribution is 0.0172. The molecule has 2 nitrogen and oxygen atoms in total. The first-order valence-electron chi connectivity index (χ1n) is 6.07. The van der Waals surface area contributed by atoms with E-state index in [0.717, 1.165) is 22.3 Å². The Balaban J connectivity index is 2.20. The Bertz CT molecular complexity index is 450. The Labute approximate surface area is 108 Å². The van der Waals surface area contributed by atoms with Gasteiger partial charge in [0, 0.05) is 0 Å². The van der Waals surface area contributed by atoms with E-state index in [1.54, 1.807) is 0 Å². The molecule has 2 atom stereocenters. The number of rotatable bonds is 3. The van der Waals surface area contributed by atoms with Crippen molar-refractivity contribution < 1.29 is 10.2 Å². The molecule has 0 saturated heterocycles. The van der Waals surface area contributed by atoms with Crippen molar-refractivity contribution in [2.45, 2.75) is 26.1 Å². The first-order valence-corrected chi connectivity index (χ1v) is 6.07. The molecule has 2 aromatic carbocycles. The summed E-state index contributed by atoms with van der Waals surface area (Å²) in [6, 6.07) is 15.1. The van der Waals surface area contributed by atoms with Gasteiger partial charge in [-0.3, -0.25) is 0 Å². The number of hydrogen-bond acceptors (Lipinski definition) is 2. The van der Waals surface area contributed by atoms with E-state index in [4.69, 9.17) is 0 Å². The average Bonchev–Trinajstić information content (AvgIpc) is 2.39. The standard InChI is InChI=1S/C16H18O2/c1-11-3-7-13(8-4-11)15(17)16(18)14-9-5-12(2)6-10-14/h3-10,15-18H,1-2H3/t15-,16-/m0/s1. The van der Waals surface area contributed by atoms with E-state index in [0.29, 0.717) is 0 Å². The van der Waals surface area contributed by atoms with Gasteiger partial charge < -0.3 is 10.2 Å². The third kappa shape index (κ3) is 2.78. The number of aliphatic hydroxyl groups is 2. The summed E-state index contributed by atoms with van der Waals surface area (Å²) in [5.74, 6) is 0. The number of benzene rings is 2. The summed E-state index contributed by atoms with van der Waals surface area (Å²) < 4.78 is 0. The van der Waals surface area contributed by atoms with E-state index in [2.05, 4.69) is 0 Å². The van der Waals surface area contributed by atoms with Crippen molar-refractivity contribution in [2.24, 2.45) is 0 Å². The molecule has 0 bridgehead atoms. The predicted octanol–water partition coefficient (Wildman–Crippen LogP) is 3.07. The molecule has 2 aromatic rings. The second kappa shape index (κ2) is 5.34. The number of aliphatic hydroxyl groups excluding tert-OH is 2. The van der Waals surface area contributed by atoms with Crippen LogP contribution in [0.3, 0.4) is 0 Å². The molecule has 94 valence electrons. The van der Waals surface area contributed by atoms with Crippen LogP contribution in [0, 0.1) is 13.8 Å². The summed E-state index contributed by atoms with van der Waals surface area (Å²) in [4.78, 5) is 0. The molecule has 18 heavy (non-hydrogen) atoms. The molecular formula is C16H18O2. The van der Waals surface area contributed by atoms with E-state index in [-0.39, 0.29) is 0 Å². The van der Waals surface area contributed by atoms with Crippen LogP contribution in [0.1, 0.15) is 34.5 Å². The number of hydrogen-bond donors (Lipinski definition) is 2. The Hall–Kier alpha value is -1.64. The van der Waals surface area contributed by atoms with E-state index in [9.17, 15) is 10.2 Å². The minimum absolute atomic E-state index is 0.730. The Morgan fingerprint density at radius 2 is 0.889 bits per heavy atom. The van der Waals surface area contributed by atoms with Crippen molar-refractivity contribution in [1.29, 1.82) is 0 Å². The van der Waals surface area contributed by atoms with E-state index >= 15 is 0 Å². The Morgan fingerprint density at radius 1 is 0.611 bits per heavy atom. The first-order chi connectivity index (χ1) is 8.58. The predicted molar refractivity (Wildman–Crippen MR) is 72.3 cm³/mol. The van der Waals surface area contributed by atoms with Crippen LogP contribution in [-0.2, 0) is 0 Å². The van der Waals surface area contributed by atoms with Gasteiger partial charge in [-0.25, -0.2) is 0 Å². The van der Waals surface area contributed by atoms with Crippen molar-refractivity contribution in [1.82, 2.24) is 0 Å². The second-order valence-corrected chi connectivity index (χ2v) is 4.71. The van der Waals surface area contributed by atoms with Crippen molar-refractivity contribution >= 4 is 0 Å². The average molecular weight is 242 g/mol. The zero-order valence-electron chi connectivity index (χ0n) is 10.7. The second-order valence-electron chi connectivity index (χ2n) is 4.71. The van der Waals surface area contributed by atoms with E-state index in [1.807, 2.05) is 62.4 Å². The largest absolute Gasteiger partial charge is 0.385 e. The zero-order valence-corrected chi connectivity index (χ0v) is 10.7. The molecule has 2 N–H and O–H groups in total. The molecule has 0 radical (unpaired) electrons. The molecule has 0 heterocycles. The molecule has 0 aromatic heterocycles. The van der Waals surface area contributed by atoms with Gasteiger partial charge in [-0.2, -0.15) is 0 Å². The van der Waals surface area contributed by atoms with Gasteiger partial charge in [0.2, 0.25) is 0 Å². The maximum absolute atomic E-state index is 10.2. The van der Waals surface area contributed by atoms with Crippen molar-refractivity contribution in [3.05, 3.63) is 70.8 Å². The molecule has 2 heteroatoms. The smallest absolute Gasteiger partial charge is 0.109 e. The molecule has 0 aliphatic rings. The van der Waals surface area contributed by atoms with Crippen LogP contribution >= 0.6 is 0 Å². The molecule has 2 rings (SSSR count). The Kier molecular flexibility index (Phi) is 3.80. The van der Waals surface area contributed by atoms with Gasteiger partial charge in [0.15, 0.2) is 0 Å². The highest BCUT2D eigenvalue weighted by molar-refractivity contribution is 5.28. The van der Waals surface area contributed by atoms with Gasteiger partial charge >= 0.3 is 0 Å². The monoisotopic (exact) mass is 242 g/mol. The van der Waals surface area contributed by atoms with Crippen molar-refractivity contribution in [2.75, 3.05) is 0 Å². The fourth-order valence-corrected chi connectivity index (χ4v) is 1.89. The molecule has 0 aliphatic carbocycles. The quantitative estimate of drug-likeness (QED) is 0.868. The normalized spacial score (nSPS) is 14.2. The topological polar surface area (TPSA) is 40.5 Å². The van der Waals surface area contributed by atoms with Crippen LogP contribution < -0.4 is 0 Å². The molecule has 0 fully saturated rings. The van der Waals surface area contributed by atoms with Gasteiger partial charge in [0.1, 0.15) is 12.2 Å². The van der Waals surface area contributed by atoms with Gasteiger partial charge in [-0.1, -0.05) is 59.7 Å². The highest BCUT2D eigenvalue weighted by atomic mass is 16.3. The lowest BCUT2D eigenvalue weighted by Crippen LogP contribution is -2.10. The van der Waals surface area contributed by atoms with E-state index < -0.39 is 12.2 Å². The van der Waals surface area contributed by atoms with Crippen molar-refractivity contribution in [3.8, 4) is 0 Å². The third-order valence-electron chi connectivity index (χ3n) is 3.14. The fraction of sp³-hybridized carbons (Fsp3) is 0.250. The van der Waals surface area contributed by atoms with Crippen molar-refractivity contribution in [3.63, 3.8) is 0 Å². The molecule has 0 aliphatic heterocycles. The summed E-state index contributed by atoms with van der Waals surface area (Å²) >= 11 is 0. The molecule has 0 unspecified atom stereocenters. The molecule has 0 saturated carbocycles. The third-order valence-corrected chi connectivity index (χ3v) is 3.14. The van der Waals surface area contributed by atoms with Gasteiger partial charge in [0.05, 0.1) is 0 Å². The first kappa shape index (κ1) is 12.8. The van der Waals surface area contributed by atoms with Crippen LogP contribution in [0.5, 0.6) is 0 Å². The van der Waals surface area contributed by atoms with E-state index in [1.165, 1.54) is 0 Å². The molecule has 0 amide bonds. The summed E-state index contributed by atoms with van der Waals surface area (Å²) in [5, 5.41) is 20.3. The van der Waals surface area contributed by atoms with Crippen LogP contribution in [0.25, 0.3) is 0 Å². The summed E-state index contributed by atoms with van der Waals surface area (Å²) in [5.41, 5.74) is 3.73. The van der Waals surface area contributed by atoms with Gasteiger partial charge in [-0.15, -0.1) is 0 Å². The maximum Gasteiger partial charge on any atom is 0.109 e. The lowest BCUT2D eigenvalue weighted by Gasteiger charge is -2.19. The maximum atomic E-state index is 10.2. The highest BCUT2D eigenvalue weighted by Crippen LogP contribution is 2.28. The van der Waals surface area contributed by atoms with Crippen LogP contribution in [0.2, 0.25) is 0 Å². The van der Waals surface area contributed by atoms with Crippen LogP contribution in [0.15, 0.2) is 48.5 Å². The minimum atomic E-state index is -0.895. The van der Waals surface area contributed by atoms with Gasteiger partial charge in [-0.05, 0) is 25.0 Å². The van der Waals surface area contributed by atoms with Crippen LogP contribution in [0.4, 0.5) is 0 Å². The van der Waals surface area contributed by atoms with Crippen LogP contribution in [-0.4, -0.2) is 10.2 Å². The lowest BCUT2D eigenvalue weighted by atomic mass is 9.97. The molecule has 0 spiro atoms. The Morgan fingerprint density at radius 3 is 1.17 bits per heavy atom. The summed E-state index contributed by atoms with van der Waals surface area (Å²) in [6.07, 6.45) is -1.79. The molecular weight excluding hydrogens is 224 g/mol. The highest BCUT2D eigenvalue weighted by Gasteiger charge is 2.19. The summed E-state index contributed by atoms with van der Waals surface area (Å²) in [6.45, 7) is 3.99. The fourth-order valence-electron chi connectivity index (χ4n) is 1.89.